The second-order valence-corrected chi connectivity index (χ2v) is 6.03. The van der Waals surface area contributed by atoms with Crippen molar-refractivity contribution in [1.29, 1.82) is 0 Å². The number of rotatable bonds is 5. The molecule has 116 valence electrons. The van der Waals surface area contributed by atoms with Crippen LogP contribution in [0.1, 0.15) is 38.5 Å². The minimum absolute atomic E-state index is 0.112. The quantitative estimate of drug-likeness (QED) is 0.717. The summed E-state index contributed by atoms with van der Waals surface area (Å²) < 4.78 is 0. The van der Waals surface area contributed by atoms with Gasteiger partial charge in [0.2, 0.25) is 5.91 Å². The van der Waals surface area contributed by atoms with Gasteiger partial charge in [0.1, 0.15) is 0 Å². The lowest BCUT2D eigenvalue weighted by Gasteiger charge is -2.28. The molecule has 0 radical (unpaired) electrons. The third-order valence-electron chi connectivity index (χ3n) is 4.50. The highest BCUT2D eigenvalue weighted by Gasteiger charge is 2.28. The highest BCUT2D eigenvalue weighted by molar-refractivity contribution is 5.81. The third-order valence-corrected chi connectivity index (χ3v) is 4.50. The molecule has 0 aromatic carbocycles. The number of carbonyl (C=O) groups is 1. The van der Waals surface area contributed by atoms with E-state index in [2.05, 4.69) is 15.1 Å². The number of carbonyl (C=O) groups excluding carboxylic acids is 1. The Bertz CT molecular complexity index is 298. The number of amides is 1. The van der Waals surface area contributed by atoms with Crippen molar-refractivity contribution in [2.45, 2.75) is 44.6 Å². The molecular formula is C15H30N4O. The van der Waals surface area contributed by atoms with Gasteiger partial charge in [-0.1, -0.05) is 0 Å². The van der Waals surface area contributed by atoms with Crippen LogP contribution in [-0.2, 0) is 4.79 Å². The first kappa shape index (κ1) is 15.7. The van der Waals surface area contributed by atoms with E-state index in [9.17, 15) is 4.79 Å². The fraction of sp³-hybridized carbons (Fsp3) is 0.933. The van der Waals surface area contributed by atoms with Crippen LogP contribution in [0.25, 0.3) is 0 Å². The van der Waals surface area contributed by atoms with Gasteiger partial charge < -0.3 is 16.0 Å². The molecule has 0 aliphatic carbocycles. The summed E-state index contributed by atoms with van der Waals surface area (Å²) >= 11 is 0. The zero-order valence-electron chi connectivity index (χ0n) is 12.6. The van der Waals surface area contributed by atoms with Gasteiger partial charge in [-0.15, -0.1) is 0 Å². The predicted molar refractivity (Wildman–Crippen MR) is 81.6 cm³/mol. The first-order valence-electron chi connectivity index (χ1n) is 8.25. The maximum Gasteiger partial charge on any atom is 0.237 e. The molecule has 0 aromatic rings. The Morgan fingerprint density at radius 1 is 1.10 bits per heavy atom. The number of nitrogens with one attached hydrogen (secondary N) is 1. The second kappa shape index (κ2) is 8.60. The summed E-state index contributed by atoms with van der Waals surface area (Å²) in [6.45, 7) is 7.15. The Hall–Kier alpha value is -0.650. The van der Waals surface area contributed by atoms with Crippen molar-refractivity contribution < 1.29 is 4.79 Å². The van der Waals surface area contributed by atoms with Crippen LogP contribution in [-0.4, -0.2) is 67.6 Å². The predicted octanol–water partition coefficient (Wildman–Crippen LogP) is 0.402. The van der Waals surface area contributed by atoms with Gasteiger partial charge in [0.05, 0.1) is 6.04 Å². The molecule has 0 spiro atoms. The second-order valence-electron chi connectivity index (χ2n) is 6.03. The molecule has 2 saturated heterocycles. The molecule has 0 aromatic heterocycles. The molecule has 5 heteroatoms. The minimum atomic E-state index is 0.112. The monoisotopic (exact) mass is 282 g/mol. The summed E-state index contributed by atoms with van der Waals surface area (Å²) in [5.41, 5.74) is 5.55. The maximum atomic E-state index is 12.1. The number of nitrogens with zero attached hydrogens (tertiary/aromatic N) is 2. The maximum absolute atomic E-state index is 12.1. The van der Waals surface area contributed by atoms with Crippen molar-refractivity contribution in [2.75, 3.05) is 45.8 Å². The first-order chi connectivity index (χ1) is 9.81. The highest BCUT2D eigenvalue weighted by Crippen LogP contribution is 2.15. The summed E-state index contributed by atoms with van der Waals surface area (Å²) in [4.78, 5) is 17.1. The number of nitrogens with two attached hydrogens (primary N) is 1. The van der Waals surface area contributed by atoms with E-state index in [4.69, 9.17) is 5.73 Å². The molecule has 2 aliphatic heterocycles. The van der Waals surface area contributed by atoms with Crippen LogP contribution in [0, 0.1) is 0 Å². The highest BCUT2D eigenvalue weighted by atomic mass is 16.2. The van der Waals surface area contributed by atoms with Crippen LogP contribution >= 0.6 is 0 Å². The molecule has 2 heterocycles. The average molecular weight is 282 g/mol. The van der Waals surface area contributed by atoms with Crippen molar-refractivity contribution in [3.05, 3.63) is 0 Å². The Kier molecular flexibility index (Phi) is 6.76. The SMILES string of the molecule is NCCCCN1CCCN(C2CCCCNC2=O)CC1. The van der Waals surface area contributed by atoms with Gasteiger partial charge in [0, 0.05) is 26.2 Å². The Labute approximate surface area is 122 Å². The van der Waals surface area contributed by atoms with Crippen LogP contribution in [0.3, 0.4) is 0 Å². The topological polar surface area (TPSA) is 61.6 Å². The fourth-order valence-electron chi connectivity index (χ4n) is 3.28. The van der Waals surface area contributed by atoms with E-state index in [0.717, 1.165) is 65.1 Å². The van der Waals surface area contributed by atoms with Crippen LogP contribution in [0.2, 0.25) is 0 Å². The molecule has 0 bridgehead atoms. The number of hydrogen-bond acceptors (Lipinski definition) is 4. The standard InChI is InChI=1S/C15H30N4O/c16-7-2-4-9-18-10-5-11-19(13-12-18)14-6-1-3-8-17-15(14)20/h14H,1-13,16H2,(H,17,20). The van der Waals surface area contributed by atoms with Crippen LogP contribution < -0.4 is 11.1 Å². The van der Waals surface area contributed by atoms with Gasteiger partial charge in [-0.3, -0.25) is 9.69 Å². The molecule has 2 rings (SSSR count). The lowest BCUT2D eigenvalue weighted by atomic mass is 10.1. The van der Waals surface area contributed by atoms with E-state index in [1.165, 1.54) is 19.3 Å². The lowest BCUT2D eigenvalue weighted by molar-refractivity contribution is -0.126. The van der Waals surface area contributed by atoms with E-state index < -0.39 is 0 Å². The number of hydrogen-bond donors (Lipinski definition) is 2. The van der Waals surface area contributed by atoms with E-state index in [-0.39, 0.29) is 11.9 Å². The Morgan fingerprint density at radius 2 is 2.00 bits per heavy atom. The Balaban J connectivity index is 1.80. The van der Waals surface area contributed by atoms with E-state index in [0.29, 0.717) is 0 Å². The van der Waals surface area contributed by atoms with E-state index >= 15 is 0 Å². The number of unbranched alkanes of at least 4 members (excludes halogenated alkanes) is 1. The van der Waals surface area contributed by atoms with E-state index in [1.54, 1.807) is 0 Å². The zero-order valence-corrected chi connectivity index (χ0v) is 12.6. The zero-order chi connectivity index (χ0) is 14.2. The fourth-order valence-corrected chi connectivity index (χ4v) is 3.28. The first-order valence-corrected chi connectivity index (χ1v) is 8.25. The largest absolute Gasteiger partial charge is 0.355 e. The van der Waals surface area contributed by atoms with Crippen molar-refractivity contribution in [3.8, 4) is 0 Å². The Morgan fingerprint density at radius 3 is 2.85 bits per heavy atom. The van der Waals surface area contributed by atoms with Gasteiger partial charge in [0.15, 0.2) is 0 Å². The summed E-state index contributed by atoms with van der Waals surface area (Å²) in [6, 6.07) is 0.112. The molecular weight excluding hydrogens is 252 g/mol. The molecule has 2 aliphatic rings. The van der Waals surface area contributed by atoms with Crippen LogP contribution in [0.4, 0.5) is 0 Å². The van der Waals surface area contributed by atoms with Crippen molar-refractivity contribution >= 4 is 5.91 Å². The molecule has 20 heavy (non-hydrogen) atoms. The summed E-state index contributed by atoms with van der Waals surface area (Å²) in [7, 11) is 0. The van der Waals surface area contributed by atoms with Crippen molar-refractivity contribution in [2.24, 2.45) is 5.73 Å². The van der Waals surface area contributed by atoms with Gasteiger partial charge in [-0.25, -0.2) is 0 Å². The summed E-state index contributed by atoms with van der Waals surface area (Å²) in [6.07, 6.45) is 6.80. The van der Waals surface area contributed by atoms with Crippen LogP contribution in [0.5, 0.6) is 0 Å². The molecule has 1 amide bonds. The molecule has 2 fully saturated rings. The normalized spacial score (nSPS) is 26.9. The van der Waals surface area contributed by atoms with Crippen molar-refractivity contribution in [3.63, 3.8) is 0 Å². The molecule has 1 atom stereocenters. The van der Waals surface area contributed by atoms with Gasteiger partial charge >= 0.3 is 0 Å². The minimum Gasteiger partial charge on any atom is -0.355 e. The molecule has 5 nitrogen and oxygen atoms in total. The third kappa shape index (κ3) is 4.72. The van der Waals surface area contributed by atoms with Gasteiger partial charge in [-0.05, 0) is 58.2 Å². The summed E-state index contributed by atoms with van der Waals surface area (Å²) in [5.74, 6) is 0.249. The van der Waals surface area contributed by atoms with Gasteiger partial charge in [0.25, 0.3) is 0 Å². The smallest absolute Gasteiger partial charge is 0.237 e. The summed E-state index contributed by atoms with van der Waals surface area (Å²) in [5, 5.41) is 3.06. The molecule has 3 N–H and O–H groups in total. The lowest BCUT2D eigenvalue weighted by Crippen LogP contribution is -2.47. The molecule has 0 saturated carbocycles. The van der Waals surface area contributed by atoms with Crippen molar-refractivity contribution in [1.82, 2.24) is 15.1 Å². The van der Waals surface area contributed by atoms with Gasteiger partial charge in [-0.2, -0.15) is 0 Å². The average Bonchev–Trinajstić information content (AvgIpc) is 2.79. The van der Waals surface area contributed by atoms with Crippen LogP contribution in [0.15, 0.2) is 0 Å². The molecule has 1 unspecified atom stereocenters. The van der Waals surface area contributed by atoms with E-state index in [1.807, 2.05) is 0 Å².